The molecule has 0 unspecified atom stereocenters. The minimum Gasteiger partial charge on any atom is -0.497 e. The molecule has 5 rings (SSSR count). The minimum absolute atomic E-state index is 0.387. The van der Waals surface area contributed by atoms with Crippen molar-refractivity contribution in [3.8, 4) is 51.3 Å². The molecule has 4 aromatic carbocycles. The molecular weight excluding hydrogens is 458 g/mol. The van der Waals surface area contributed by atoms with Gasteiger partial charge in [0.1, 0.15) is 22.9 Å². The fourth-order valence-corrected chi connectivity index (χ4v) is 3.92. The number of ether oxygens (including phenoxy) is 3. The van der Waals surface area contributed by atoms with Gasteiger partial charge in [0.15, 0.2) is 12.4 Å². The molecule has 0 fully saturated rings. The van der Waals surface area contributed by atoms with Gasteiger partial charge in [0.2, 0.25) is 5.89 Å². The molecule has 1 N–H and O–H groups in total. The second-order valence-electron chi connectivity index (χ2n) is 8.06. The van der Waals surface area contributed by atoms with Gasteiger partial charge >= 0.3 is 5.97 Å². The number of carboxylic acid groups (broad SMARTS) is 1. The number of nitrogens with zero attached hydrogens (tertiary/aromatic N) is 1. The first-order valence-electron chi connectivity index (χ1n) is 11.2. The Morgan fingerprint density at radius 3 is 1.94 bits per heavy atom. The Morgan fingerprint density at radius 2 is 1.31 bits per heavy atom. The SMILES string of the molecule is COc1ccc(-c2nc(-c3ccc4cc(OCC(=O)O)ccc4c3)oc2-c2ccc(OC)cc2)cc1. The fourth-order valence-electron chi connectivity index (χ4n) is 3.92. The van der Waals surface area contributed by atoms with Gasteiger partial charge in [0.25, 0.3) is 0 Å². The van der Waals surface area contributed by atoms with E-state index in [-0.39, 0.29) is 6.61 Å². The lowest BCUT2D eigenvalue weighted by atomic mass is 10.1. The van der Waals surface area contributed by atoms with Crippen LogP contribution in [0.25, 0.3) is 44.8 Å². The smallest absolute Gasteiger partial charge is 0.341 e. The van der Waals surface area contributed by atoms with Gasteiger partial charge in [0.05, 0.1) is 14.2 Å². The Kier molecular flexibility index (Phi) is 6.28. The van der Waals surface area contributed by atoms with Gasteiger partial charge in [0, 0.05) is 16.7 Å². The number of fused-ring (bicyclic) bond motifs is 1. The van der Waals surface area contributed by atoms with Crippen molar-refractivity contribution in [1.29, 1.82) is 0 Å². The molecule has 0 aliphatic carbocycles. The maximum Gasteiger partial charge on any atom is 0.341 e. The lowest BCUT2D eigenvalue weighted by molar-refractivity contribution is -0.139. The highest BCUT2D eigenvalue weighted by molar-refractivity contribution is 5.88. The molecule has 0 radical (unpaired) electrons. The number of carboxylic acids is 1. The predicted molar refractivity (Wildman–Crippen MR) is 137 cm³/mol. The average molecular weight is 482 g/mol. The summed E-state index contributed by atoms with van der Waals surface area (Å²) in [6, 6.07) is 26.6. The van der Waals surface area contributed by atoms with Gasteiger partial charge in [-0.1, -0.05) is 12.1 Å². The zero-order chi connectivity index (χ0) is 25.1. The summed E-state index contributed by atoms with van der Waals surface area (Å²) in [7, 11) is 3.26. The third-order valence-electron chi connectivity index (χ3n) is 5.76. The summed E-state index contributed by atoms with van der Waals surface area (Å²) >= 11 is 0. The normalized spacial score (nSPS) is 10.8. The van der Waals surface area contributed by atoms with E-state index in [9.17, 15) is 4.79 Å². The highest BCUT2D eigenvalue weighted by atomic mass is 16.5. The van der Waals surface area contributed by atoms with Crippen LogP contribution in [0.2, 0.25) is 0 Å². The van der Waals surface area contributed by atoms with Crippen LogP contribution in [0, 0.1) is 0 Å². The molecule has 5 aromatic rings. The second-order valence-corrected chi connectivity index (χ2v) is 8.06. The number of benzene rings is 4. The number of methoxy groups -OCH3 is 2. The van der Waals surface area contributed by atoms with Crippen LogP contribution >= 0.6 is 0 Å². The molecule has 0 aliphatic rings. The van der Waals surface area contributed by atoms with E-state index in [1.165, 1.54) is 0 Å². The number of carbonyl (C=O) groups is 1. The van der Waals surface area contributed by atoms with Crippen molar-refractivity contribution in [2.45, 2.75) is 0 Å². The Balaban J connectivity index is 1.56. The molecule has 0 bridgehead atoms. The van der Waals surface area contributed by atoms with E-state index >= 15 is 0 Å². The third-order valence-corrected chi connectivity index (χ3v) is 5.76. The first kappa shape index (κ1) is 23.0. The van der Waals surface area contributed by atoms with Crippen molar-refractivity contribution in [2.24, 2.45) is 0 Å². The van der Waals surface area contributed by atoms with Gasteiger partial charge in [-0.25, -0.2) is 9.78 Å². The Hall–Kier alpha value is -4.78. The molecule has 0 atom stereocenters. The fraction of sp³-hybridized carbons (Fsp3) is 0.103. The first-order chi connectivity index (χ1) is 17.5. The van der Waals surface area contributed by atoms with Crippen molar-refractivity contribution in [1.82, 2.24) is 4.98 Å². The first-order valence-corrected chi connectivity index (χ1v) is 11.2. The molecule has 36 heavy (non-hydrogen) atoms. The molecule has 1 aromatic heterocycles. The molecule has 1 heterocycles. The van der Waals surface area contributed by atoms with E-state index in [1.54, 1.807) is 20.3 Å². The highest BCUT2D eigenvalue weighted by Gasteiger charge is 2.19. The molecule has 0 aliphatic heterocycles. The van der Waals surface area contributed by atoms with Gasteiger partial charge in [-0.3, -0.25) is 0 Å². The van der Waals surface area contributed by atoms with Gasteiger partial charge in [-0.2, -0.15) is 0 Å². The Bertz CT molecular complexity index is 1460. The zero-order valence-electron chi connectivity index (χ0n) is 19.7. The quantitative estimate of drug-likeness (QED) is 0.278. The lowest BCUT2D eigenvalue weighted by Gasteiger charge is -2.06. The number of rotatable bonds is 8. The van der Waals surface area contributed by atoms with Gasteiger partial charge in [-0.15, -0.1) is 0 Å². The zero-order valence-corrected chi connectivity index (χ0v) is 19.7. The second kappa shape index (κ2) is 9.84. The number of aliphatic carboxylic acids is 1. The molecule has 7 heteroatoms. The van der Waals surface area contributed by atoms with Gasteiger partial charge < -0.3 is 23.7 Å². The number of hydrogen-bond donors (Lipinski definition) is 1. The third kappa shape index (κ3) is 4.72. The standard InChI is InChI=1S/C29H23NO6/c1-33-23-10-5-18(6-11-23)27-28(19-7-12-24(34-2)13-8-19)36-29(30-27)22-4-3-21-16-25(35-17-26(31)32)14-9-20(21)15-22/h3-16H,17H2,1-2H3,(H,31,32). The number of aromatic nitrogens is 1. The summed E-state index contributed by atoms with van der Waals surface area (Å²) in [5, 5.41) is 10.7. The summed E-state index contributed by atoms with van der Waals surface area (Å²) in [6.07, 6.45) is 0. The van der Waals surface area contributed by atoms with Crippen LogP contribution in [0.1, 0.15) is 0 Å². The molecule has 180 valence electrons. The molecule has 0 amide bonds. The summed E-state index contributed by atoms with van der Waals surface area (Å²) in [5.41, 5.74) is 3.31. The van der Waals surface area contributed by atoms with Crippen LogP contribution in [0.4, 0.5) is 0 Å². The molecule has 0 spiro atoms. The maximum absolute atomic E-state index is 10.8. The summed E-state index contributed by atoms with van der Waals surface area (Å²) in [5.74, 6) is 2.13. The summed E-state index contributed by atoms with van der Waals surface area (Å²) in [4.78, 5) is 15.7. The molecule has 0 saturated heterocycles. The van der Waals surface area contributed by atoms with Gasteiger partial charge in [-0.05, 0) is 83.6 Å². The monoisotopic (exact) mass is 481 g/mol. The van der Waals surface area contributed by atoms with Crippen LogP contribution in [-0.4, -0.2) is 36.9 Å². The van der Waals surface area contributed by atoms with Crippen LogP contribution < -0.4 is 14.2 Å². The van der Waals surface area contributed by atoms with Crippen molar-refractivity contribution < 1.29 is 28.5 Å². The van der Waals surface area contributed by atoms with Crippen LogP contribution in [0.3, 0.4) is 0 Å². The Labute approximate surface area is 207 Å². The lowest BCUT2D eigenvalue weighted by Crippen LogP contribution is -2.09. The minimum atomic E-state index is -1.02. The van der Waals surface area contributed by atoms with Crippen LogP contribution in [0.15, 0.2) is 89.3 Å². The maximum atomic E-state index is 10.8. The highest BCUT2D eigenvalue weighted by Crippen LogP contribution is 2.38. The van der Waals surface area contributed by atoms with E-state index < -0.39 is 5.97 Å². The van der Waals surface area contributed by atoms with Crippen molar-refractivity contribution >= 4 is 16.7 Å². The average Bonchev–Trinajstić information content (AvgIpc) is 3.37. The van der Waals surface area contributed by atoms with E-state index in [4.69, 9.17) is 28.7 Å². The van der Waals surface area contributed by atoms with E-state index in [2.05, 4.69) is 0 Å². The summed E-state index contributed by atoms with van der Waals surface area (Å²) < 4.78 is 22.2. The van der Waals surface area contributed by atoms with E-state index in [0.29, 0.717) is 17.4 Å². The topological polar surface area (TPSA) is 91.0 Å². The summed E-state index contributed by atoms with van der Waals surface area (Å²) in [6.45, 7) is -0.387. The van der Waals surface area contributed by atoms with Crippen LogP contribution in [-0.2, 0) is 4.79 Å². The van der Waals surface area contributed by atoms with Crippen molar-refractivity contribution in [2.75, 3.05) is 20.8 Å². The Morgan fingerprint density at radius 1 is 0.750 bits per heavy atom. The van der Waals surface area contributed by atoms with Crippen LogP contribution in [0.5, 0.6) is 17.2 Å². The number of oxazole rings is 1. The van der Waals surface area contributed by atoms with Crippen molar-refractivity contribution in [3.05, 3.63) is 84.9 Å². The predicted octanol–water partition coefficient (Wildman–Crippen LogP) is 6.31. The number of hydrogen-bond acceptors (Lipinski definition) is 6. The molecule has 0 saturated carbocycles. The van der Waals surface area contributed by atoms with E-state index in [1.807, 2.05) is 78.9 Å². The molecular formula is C29H23NO6. The molecule has 7 nitrogen and oxygen atoms in total. The largest absolute Gasteiger partial charge is 0.497 e. The van der Waals surface area contributed by atoms with Crippen molar-refractivity contribution in [3.63, 3.8) is 0 Å². The van der Waals surface area contributed by atoms with E-state index in [0.717, 1.165) is 44.7 Å².